The molecule has 0 unspecified atom stereocenters. The molecule has 2 heterocycles. The van der Waals surface area contributed by atoms with E-state index in [-0.39, 0.29) is 17.0 Å². The van der Waals surface area contributed by atoms with Gasteiger partial charge < -0.3 is 15.0 Å². The first kappa shape index (κ1) is 21.2. The van der Waals surface area contributed by atoms with Gasteiger partial charge in [-0.15, -0.1) is 0 Å². The van der Waals surface area contributed by atoms with Gasteiger partial charge in [0.25, 0.3) is 0 Å². The number of rotatable bonds is 3. The van der Waals surface area contributed by atoms with Crippen LogP contribution in [-0.4, -0.2) is 36.7 Å². The van der Waals surface area contributed by atoms with Crippen molar-refractivity contribution in [2.75, 3.05) is 25.5 Å². The third-order valence-electron chi connectivity index (χ3n) is 6.05. The van der Waals surface area contributed by atoms with Gasteiger partial charge in [0.1, 0.15) is 11.4 Å². The van der Waals surface area contributed by atoms with Crippen molar-refractivity contribution in [3.05, 3.63) is 65.7 Å². The van der Waals surface area contributed by atoms with Crippen LogP contribution in [0.25, 0.3) is 5.70 Å². The Labute approximate surface area is 184 Å². The number of carbonyl (C=O) groups is 1. The Morgan fingerprint density at radius 2 is 1.84 bits per heavy atom. The molecule has 2 aliphatic rings. The largest absolute Gasteiger partial charge is 0.497 e. The monoisotopic (exact) mass is 421 g/mol. The van der Waals surface area contributed by atoms with Gasteiger partial charge >= 0.3 is 6.03 Å². The highest BCUT2D eigenvalue weighted by Gasteiger charge is 2.40. The first-order chi connectivity index (χ1) is 14.8. The quantitative estimate of drug-likeness (QED) is 0.737. The van der Waals surface area contributed by atoms with E-state index in [0.29, 0.717) is 18.8 Å². The van der Waals surface area contributed by atoms with Gasteiger partial charge in [-0.05, 0) is 34.8 Å². The number of carbonyl (C=O) groups excluding carboxylic acids is 1. The summed E-state index contributed by atoms with van der Waals surface area (Å²) in [6.07, 6.45) is 3.67. The van der Waals surface area contributed by atoms with Gasteiger partial charge in [-0.25, -0.2) is 4.79 Å². The van der Waals surface area contributed by atoms with Gasteiger partial charge in [0.2, 0.25) is 0 Å². The Kier molecular flexibility index (Phi) is 5.67. The zero-order valence-electron chi connectivity index (χ0n) is 18.7. The van der Waals surface area contributed by atoms with E-state index in [1.54, 1.807) is 7.11 Å². The molecule has 6 nitrogen and oxygen atoms in total. The third kappa shape index (κ3) is 4.69. The molecule has 0 radical (unpaired) electrons. The first-order valence-electron chi connectivity index (χ1n) is 10.8. The molecule has 2 aliphatic heterocycles. The number of likely N-dealkylation sites (tertiary alicyclic amines) is 1. The number of hydroxylamine groups is 1. The molecule has 4 rings (SSSR count). The summed E-state index contributed by atoms with van der Waals surface area (Å²) in [5, 5.41) is 2.95. The molecular weight excluding hydrogens is 390 g/mol. The van der Waals surface area contributed by atoms with E-state index in [9.17, 15) is 4.79 Å². The molecule has 31 heavy (non-hydrogen) atoms. The molecule has 164 valence electrons. The maximum absolute atomic E-state index is 12.7. The van der Waals surface area contributed by atoms with Gasteiger partial charge in [-0.1, -0.05) is 51.1 Å². The molecule has 6 heteroatoms. The van der Waals surface area contributed by atoms with Crippen LogP contribution in [-0.2, 0) is 10.3 Å². The number of methoxy groups -OCH3 is 1. The van der Waals surface area contributed by atoms with Gasteiger partial charge in [0.05, 0.1) is 12.8 Å². The molecule has 2 N–H and O–H groups in total. The summed E-state index contributed by atoms with van der Waals surface area (Å²) in [7, 11) is 1.61. The number of nitrogens with zero attached hydrogens (tertiary/aromatic N) is 1. The van der Waals surface area contributed by atoms with Crippen LogP contribution in [0.5, 0.6) is 5.75 Å². The standard InChI is InChI=1S/C25H31N3O3/c1-24(2,3)19-10-8-18(9-11-19)22-17-25(31-27-22)12-14-28(15-13-25)23(29)26-20-6-5-7-21(16-20)30-4/h5-11,16-17,27H,12-15H2,1-4H3,(H,26,29). The predicted molar refractivity (Wildman–Crippen MR) is 123 cm³/mol. The van der Waals surface area contributed by atoms with Gasteiger partial charge in [0.15, 0.2) is 0 Å². The summed E-state index contributed by atoms with van der Waals surface area (Å²) in [6, 6.07) is 15.9. The van der Waals surface area contributed by atoms with Crippen LogP contribution in [0.4, 0.5) is 10.5 Å². The molecule has 1 fully saturated rings. The lowest BCUT2D eigenvalue weighted by Crippen LogP contribution is -2.48. The summed E-state index contributed by atoms with van der Waals surface area (Å²) in [4.78, 5) is 20.5. The van der Waals surface area contributed by atoms with Crippen molar-refractivity contribution in [2.24, 2.45) is 0 Å². The van der Waals surface area contributed by atoms with E-state index in [4.69, 9.17) is 9.57 Å². The molecule has 2 aromatic carbocycles. The minimum atomic E-state index is -0.370. The summed E-state index contributed by atoms with van der Waals surface area (Å²) < 4.78 is 5.22. The average Bonchev–Trinajstić information content (AvgIpc) is 3.17. The summed E-state index contributed by atoms with van der Waals surface area (Å²) in [5.74, 6) is 0.717. The van der Waals surface area contributed by atoms with Crippen molar-refractivity contribution in [3.63, 3.8) is 0 Å². The number of amides is 2. The number of anilines is 1. The van der Waals surface area contributed by atoms with Gasteiger partial charge in [-0.2, -0.15) is 0 Å². The molecule has 1 spiro atoms. The van der Waals surface area contributed by atoms with E-state index < -0.39 is 0 Å². The van der Waals surface area contributed by atoms with Crippen LogP contribution in [0, 0.1) is 0 Å². The Bertz CT molecular complexity index is 968. The topological polar surface area (TPSA) is 62.8 Å². The van der Waals surface area contributed by atoms with Crippen LogP contribution in [0.3, 0.4) is 0 Å². The predicted octanol–water partition coefficient (Wildman–Crippen LogP) is 4.94. The molecule has 0 bridgehead atoms. The molecule has 2 amide bonds. The third-order valence-corrected chi connectivity index (χ3v) is 6.05. The minimum Gasteiger partial charge on any atom is -0.497 e. The Morgan fingerprint density at radius 3 is 2.48 bits per heavy atom. The number of ether oxygens (including phenoxy) is 1. The number of benzene rings is 2. The second kappa shape index (κ2) is 8.27. The molecule has 0 saturated carbocycles. The fourth-order valence-electron chi connectivity index (χ4n) is 4.01. The summed E-state index contributed by atoms with van der Waals surface area (Å²) >= 11 is 0. The Balaban J connectivity index is 1.37. The highest BCUT2D eigenvalue weighted by molar-refractivity contribution is 5.89. The van der Waals surface area contributed by atoms with Crippen molar-refractivity contribution >= 4 is 17.4 Å². The Hall–Kier alpha value is -2.99. The van der Waals surface area contributed by atoms with Crippen molar-refractivity contribution in [3.8, 4) is 5.75 Å². The van der Waals surface area contributed by atoms with Crippen LogP contribution < -0.4 is 15.5 Å². The van der Waals surface area contributed by atoms with E-state index in [1.165, 1.54) is 5.56 Å². The first-order valence-corrected chi connectivity index (χ1v) is 10.8. The molecular formula is C25H31N3O3. The van der Waals surface area contributed by atoms with E-state index in [2.05, 4.69) is 61.9 Å². The van der Waals surface area contributed by atoms with Crippen molar-refractivity contribution < 1.29 is 14.4 Å². The average molecular weight is 422 g/mol. The highest BCUT2D eigenvalue weighted by Crippen LogP contribution is 2.35. The minimum absolute atomic E-state index is 0.101. The van der Waals surface area contributed by atoms with Crippen LogP contribution in [0.15, 0.2) is 54.6 Å². The van der Waals surface area contributed by atoms with Crippen LogP contribution in [0.2, 0.25) is 0 Å². The number of hydrogen-bond donors (Lipinski definition) is 2. The van der Waals surface area contributed by atoms with Crippen molar-refractivity contribution in [1.82, 2.24) is 10.4 Å². The Morgan fingerprint density at radius 1 is 1.13 bits per heavy atom. The van der Waals surface area contributed by atoms with Crippen molar-refractivity contribution in [2.45, 2.75) is 44.6 Å². The maximum atomic E-state index is 12.7. The molecule has 2 aromatic rings. The van der Waals surface area contributed by atoms with Crippen LogP contribution in [0.1, 0.15) is 44.7 Å². The zero-order chi connectivity index (χ0) is 22.1. The number of hydrogen-bond acceptors (Lipinski definition) is 4. The van der Waals surface area contributed by atoms with E-state index >= 15 is 0 Å². The smallest absolute Gasteiger partial charge is 0.321 e. The van der Waals surface area contributed by atoms with E-state index in [0.717, 1.165) is 29.8 Å². The summed E-state index contributed by atoms with van der Waals surface area (Å²) in [6.45, 7) is 7.90. The van der Waals surface area contributed by atoms with Crippen molar-refractivity contribution in [1.29, 1.82) is 0 Å². The van der Waals surface area contributed by atoms with Crippen LogP contribution >= 0.6 is 0 Å². The lowest BCUT2D eigenvalue weighted by molar-refractivity contribution is -0.0634. The second-order valence-electron chi connectivity index (χ2n) is 9.30. The van der Waals surface area contributed by atoms with Gasteiger partial charge in [-0.3, -0.25) is 10.3 Å². The second-order valence-corrected chi connectivity index (χ2v) is 9.30. The molecule has 0 atom stereocenters. The molecule has 1 saturated heterocycles. The fraction of sp³-hybridized carbons (Fsp3) is 0.400. The lowest BCUT2D eigenvalue weighted by Gasteiger charge is -2.36. The number of piperidine rings is 1. The fourth-order valence-corrected chi connectivity index (χ4v) is 4.01. The zero-order valence-corrected chi connectivity index (χ0v) is 18.7. The number of nitrogens with one attached hydrogen (secondary N) is 2. The van der Waals surface area contributed by atoms with Gasteiger partial charge in [0, 0.05) is 37.7 Å². The molecule has 0 aliphatic carbocycles. The normalized spacial score (nSPS) is 17.8. The lowest BCUT2D eigenvalue weighted by atomic mass is 9.86. The summed E-state index contributed by atoms with van der Waals surface area (Å²) in [5.41, 5.74) is 7.02. The molecule has 0 aromatic heterocycles. The maximum Gasteiger partial charge on any atom is 0.321 e. The highest BCUT2D eigenvalue weighted by atomic mass is 16.7. The number of urea groups is 1. The van der Waals surface area contributed by atoms with E-state index in [1.807, 2.05) is 29.2 Å². The SMILES string of the molecule is COc1cccc(NC(=O)N2CCC3(C=C(c4ccc(C(C)(C)C)cc4)NO3)CC2)c1.